The smallest absolute Gasteiger partial charge is 0.124 e. The van der Waals surface area contributed by atoms with Gasteiger partial charge < -0.3 is 10.6 Å². The first-order chi connectivity index (χ1) is 9.99. The molecule has 0 saturated carbocycles. The van der Waals surface area contributed by atoms with Crippen LogP contribution in [0.4, 0.5) is 5.69 Å². The molecule has 110 valence electrons. The molecule has 2 aromatic carbocycles. The molecule has 0 atom stereocenters. The Bertz CT molecular complexity index is 623. The lowest BCUT2D eigenvalue weighted by Gasteiger charge is -2.31. The van der Waals surface area contributed by atoms with Crippen LogP contribution in [0.3, 0.4) is 0 Å². The zero-order valence-corrected chi connectivity index (χ0v) is 13.9. The molecule has 0 aliphatic carbocycles. The van der Waals surface area contributed by atoms with E-state index >= 15 is 0 Å². The van der Waals surface area contributed by atoms with Crippen LogP contribution in [0.2, 0.25) is 0 Å². The minimum absolute atomic E-state index is 0.0880. The molecule has 2 aromatic rings. The number of nitrogens with two attached hydrogens (primary N) is 1. The van der Waals surface area contributed by atoms with E-state index < -0.39 is 0 Å². The second-order valence-electron chi connectivity index (χ2n) is 5.28. The van der Waals surface area contributed by atoms with Gasteiger partial charge in [0.1, 0.15) is 5.84 Å². The third-order valence-electron chi connectivity index (χ3n) is 3.38. The first kappa shape index (κ1) is 15.6. The molecule has 0 aliphatic heterocycles. The number of rotatable bonds is 5. The van der Waals surface area contributed by atoms with Crippen LogP contribution in [0.25, 0.3) is 0 Å². The molecular weight excluding hydrogens is 326 g/mol. The summed E-state index contributed by atoms with van der Waals surface area (Å²) in [5, 5.41) is 7.82. The second kappa shape index (κ2) is 6.76. The van der Waals surface area contributed by atoms with E-state index in [0.717, 1.165) is 22.3 Å². The quantitative estimate of drug-likeness (QED) is 0.631. The van der Waals surface area contributed by atoms with E-state index in [1.807, 2.05) is 36.4 Å². The zero-order chi connectivity index (χ0) is 15.4. The molecule has 2 rings (SSSR count). The van der Waals surface area contributed by atoms with E-state index in [-0.39, 0.29) is 5.84 Å². The zero-order valence-electron chi connectivity index (χ0n) is 12.3. The summed E-state index contributed by atoms with van der Waals surface area (Å²) in [6.07, 6.45) is 0. The number of nitrogens with zero attached hydrogens (tertiary/aromatic N) is 1. The fraction of sp³-hybridized carbons (Fsp3) is 0.235. The van der Waals surface area contributed by atoms with E-state index in [1.165, 1.54) is 5.56 Å². The highest BCUT2D eigenvalue weighted by molar-refractivity contribution is 9.10. The Morgan fingerprint density at radius 2 is 1.86 bits per heavy atom. The lowest BCUT2D eigenvalue weighted by atomic mass is 10.1. The fourth-order valence-corrected chi connectivity index (χ4v) is 2.66. The van der Waals surface area contributed by atoms with Gasteiger partial charge in [0.25, 0.3) is 0 Å². The highest BCUT2D eigenvalue weighted by Crippen LogP contribution is 2.27. The van der Waals surface area contributed by atoms with Crippen LogP contribution in [0.5, 0.6) is 0 Å². The van der Waals surface area contributed by atoms with Gasteiger partial charge in [-0.2, -0.15) is 0 Å². The lowest BCUT2D eigenvalue weighted by Crippen LogP contribution is -2.32. The van der Waals surface area contributed by atoms with Gasteiger partial charge in [-0.05, 0) is 37.6 Å². The molecule has 0 heterocycles. The number of amidine groups is 1. The molecule has 0 aliphatic rings. The Morgan fingerprint density at radius 3 is 2.43 bits per heavy atom. The summed E-state index contributed by atoms with van der Waals surface area (Å²) < 4.78 is 0.930. The monoisotopic (exact) mass is 345 g/mol. The van der Waals surface area contributed by atoms with Crippen LogP contribution in [0.1, 0.15) is 25.0 Å². The number of hydrogen-bond acceptors (Lipinski definition) is 2. The SMILES string of the molecule is CC(C)N(Cc1ccccc1)c1ccc(Br)cc1C(=N)N. The lowest BCUT2D eigenvalue weighted by molar-refractivity contribution is 0.682. The third-order valence-corrected chi connectivity index (χ3v) is 3.87. The van der Waals surface area contributed by atoms with Crippen molar-refractivity contribution >= 4 is 27.5 Å². The van der Waals surface area contributed by atoms with E-state index in [9.17, 15) is 0 Å². The molecule has 0 spiro atoms. The maximum atomic E-state index is 7.82. The Morgan fingerprint density at radius 1 is 1.19 bits per heavy atom. The highest BCUT2D eigenvalue weighted by Gasteiger charge is 2.16. The molecule has 0 unspecified atom stereocenters. The van der Waals surface area contributed by atoms with Crippen molar-refractivity contribution < 1.29 is 0 Å². The standard InChI is InChI=1S/C17H20BrN3/c1-12(2)21(11-13-6-4-3-5-7-13)16-9-8-14(18)10-15(16)17(19)20/h3-10,12H,11H2,1-2H3,(H3,19,20). The van der Waals surface area contributed by atoms with Crippen molar-refractivity contribution in [2.45, 2.75) is 26.4 Å². The average molecular weight is 346 g/mol. The minimum Gasteiger partial charge on any atom is -0.384 e. The molecule has 0 fully saturated rings. The molecule has 3 N–H and O–H groups in total. The van der Waals surface area contributed by atoms with Crippen LogP contribution < -0.4 is 10.6 Å². The van der Waals surface area contributed by atoms with Crippen molar-refractivity contribution in [1.82, 2.24) is 0 Å². The normalized spacial score (nSPS) is 10.7. The van der Waals surface area contributed by atoms with Gasteiger partial charge in [-0.15, -0.1) is 0 Å². The Labute approximate surface area is 134 Å². The maximum absolute atomic E-state index is 7.82. The second-order valence-corrected chi connectivity index (χ2v) is 6.20. The Hall–Kier alpha value is -1.81. The van der Waals surface area contributed by atoms with Crippen LogP contribution >= 0.6 is 15.9 Å². The molecule has 21 heavy (non-hydrogen) atoms. The summed E-state index contributed by atoms with van der Waals surface area (Å²) in [6.45, 7) is 5.09. The van der Waals surface area contributed by atoms with Gasteiger partial charge in [0.05, 0.1) is 0 Å². The van der Waals surface area contributed by atoms with E-state index in [0.29, 0.717) is 6.04 Å². The predicted molar refractivity (Wildman–Crippen MR) is 92.9 cm³/mol. The van der Waals surface area contributed by atoms with Crippen LogP contribution in [-0.2, 0) is 6.54 Å². The summed E-state index contributed by atoms with van der Waals surface area (Å²) in [5.74, 6) is 0.0880. The molecule has 0 aromatic heterocycles. The Balaban J connectivity index is 2.41. The van der Waals surface area contributed by atoms with Crippen molar-refractivity contribution in [3.63, 3.8) is 0 Å². The number of nitrogen functional groups attached to an aromatic ring is 1. The average Bonchev–Trinajstić information content (AvgIpc) is 2.46. The van der Waals surface area contributed by atoms with Gasteiger partial charge in [-0.25, -0.2) is 0 Å². The molecule has 0 radical (unpaired) electrons. The highest BCUT2D eigenvalue weighted by atomic mass is 79.9. The summed E-state index contributed by atoms with van der Waals surface area (Å²) in [4.78, 5) is 2.26. The van der Waals surface area contributed by atoms with Gasteiger partial charge >= 0.3 is 0 Å². The summed E-state index contributed by atoms with van der Waals surface area (Å²) in [6, 6.07) is 16.5. The topological polar surface area (TPSA) is 53.1 Å². The van der Waals surface area contributed by atoms with Crippen molar-refractivity contribution in [2.75, 3.05) is 4.90 Å². The molecule has 0 bridgehead atoms. The molecule has 4 heteroatoms. The van der Waals surface area contributed by atoms with Crippen LogP contribution in [0.15, 0.2) is 53.0 Å². The third kappa shape index (κ3) is 3.85. The summed E-state index contributed by atoms with van der Waals surface area (Å²) in [5.41, 5.74) is 8.74. The van der Waals surface area contributed by atoms with Crippen LogP contribution in [0, 0.1) is 5.41 Å². The number of benzene rings is 2. The number of anilines is 1. The van der Waals surface area contributed by atoms with Gasteiger partial charge in [-0.1, -0.05) is 46.3 Å². The molecular formula is C17H20BrN3. The Kier molecular flexibility index (Phi) is 5.02. The fourth-order valence-electron chi connectivity index (χ4n) is 2.30. The first-order valence-electron chi connectivity index (χ1n) is 6.93. The predicted octanol–water partition coefficient (Wildman–Crippen LogP) is 4.15. The van der Waals surface area contributed by atoms with Crippen molar-refractivity contribution in [3.05, 3.63) is 64.1 Å². The van der Waals surface area contributed by atoms with Gasteiger partial charge in [0.2, 0.25) is 0 Å². The minimum atomic E-state index is 0.0880. The molecule has 0 saturated heterocycles. The van der Waals surface area contributed by atoms with E-state index in [1.54, 1.807) is 0 Å². The van der Waals surface area contributed by atoms with E-state index in [4.69, 9.17) is 11.1 Å². The van der Waals surface area contributed by atoms with E-state index in [2.05, 4.69) is 46.8 Å². The summed E-state index contributed by atoms with van der Waals surface area (Å²) in [7, 11) is 0. The van der Waals surface area contributed by atoms with Crippen molar-refractivity contribution in [1.29, 1.82) is 5.41 Å². The van der Waals surface area contributed by atoms with Crippen LogP contribution in [-0.4, -0.2) is 11.9 Å². The summed E-state index contributed by atoms with van der Waals surface area (Å²) >= 11 is 3.45. The number of nitrogens with one attached hydrogen (secondary N) is 1. The van der Waals surface area contributed by atoms with Crippen molar-refractivity contribution in [2.24, 2.45) is 5.73 Å². The van der Waals surface area contributed by atoms with Gasteiger partial charge in [-0.3, -0.25) is 5.41 Å². The maximum Gasteiger partial charge on any atom is 0.124 e. The largest absolute Gasteiger partial charge is 0.384 e. The number of hydrogen-bond donors (Lipinski definition) is 2. The van der Waals surface area contributed by atoms with Crippen molar-refractivity contribution in [3.8, 4) is 0 Å². The van der Waals surface area contributed by atoms with Gasteiger partial charge in [0, 0.05) is 28.3 Å². The van der Waals surface area contributed by atoms with Gasteiger partial charge in [0.15, 0.2) is 0 Å². The molecule has 3 nitrogen and oxygen atoms in total. The molecule has 0 amide bonds. The first-order valence-corrected chi connectivity index (χ1v) is 7.73. The number of halogens is 1.